The number of carbonyl (C=O) groups is 1. The molecule has 0 atom stereocenters. The lowest BCUT2D eigenvalue weighted by Gasteiger charge is -2.04. The molecular formula is C4H6BrNO2S. The summed E-state index contributed by atoms with van der Waals surface area (Å²) in [4.78, 5) is 11.3. The molecule has 0 fully saturated rings. The van der Waals surface area contributed by atoms with Crippen LogP contribution in [0.2, 0.25) is 0 Å². The lowest BCUT2D eigenvalue weighted by molar-refractivity contribution is 0.169. The Bertz CT molecular complexity index is 139. The maximum Gasteiger partial charge on any atom is 0.412 e. The van der Waals surface area contributed by atoms with E-state index in [-0.39, 0.29) is 17.0 Å². The van der Waals surface area contributed by atoms with Gasteiger partial charge in [0, 0.05) is 6.20 Å². The van der Waals surface area contributed by atoms with Gasteiger partial charge in [-0.2, -0.15) is 0 Å². The molecule has 0 spiro atoms. The number of rotatable bonds is 0. The molecule has 0 radical (unpaired) electrons. The summed E-state index contributed by atoms with van der Waals surface area (Å²) in [7, 11) is 0. The van der Waals surface area contributed by atoms with Crippen molar-refractivity contribution in [1.82, 2.24) is 4.90 Å². The lowest BCUT2D eigenvalue weighted by atomic mass is 10.8. The van der Waals surface area contributed by atoms with Crippen LogP contribution >= 0.6 is 28.7 Å². The van der Waals surface area contributed by atoms with Gasteiger partial charge < -0.3 is 5.11 Å². The Hall–Kier alpha value is -0.160. The number of amides is 1. The van der Waals surface area contributed by atoms with Crippen LogP contribution in [0.3, 0.4) is 0 Å². The molecule has 9 heavy (non-hydrogen) atoms. The highest BCUT2D eigenvalue weighted by atomic mass is 79.9. The molecule has 0 unspecified atom stereocenters. The Morgan fingerprint density at radius 2 is 2.44 bits per heavy atom. The molecule has 3 nitrogen and oxygen atoms in total. The molecule has 0 aromatic heterocycles. The molecular weight excluding hydrogens is 206 g/mol. The minimum atomic E-state index is -0.883. The van der Waals surface area contributed by atoms with E-state index in [2.05, 4.69) is 0 Å². The number of nitrogens with zero attached hydrogens (tertiary/aromatic N) is 1. The lowest BCUT2D eigenvalue weighted by Crippen LogP contribution is -2.19. The summed E-state index contributed by atoms with van der Waals surface area (Å²) < 4.78 is 0. The minimum Gasteiger partial charge on any atom is -0.465 e. The molecule has 1 heterocycles. The van der Waals surface area contributed by atoms with E-state index in [1.165, 1.54) is 16.7 Å². The Kier molecular flexibility index (Phi) is 3.72. The van der Waals surface area contributed by atoms with Crippen LogP contribution in [0.25, 0.3) is 0 Å². The van der Waals surface area contributed by atoms with E-state index in [1.54, 1.807) is 11.6 Å². The zero-order chi connectivity index (χ0) is 5.98. The van der Waals surface area contributed by atoms with Gasteiger partial charge in [-0.3, -0.25) is 4.90 Å². The molecule has 5 heteroatoms. The fourth-order valence-corrected chi connectivity index (χ4v) is 1.08. The summed E-state index contributed by atoms with van der Waals surface area (Å²) in [6.45, 7) is 0. The Balaban J connectivity index is 0.000000640. The van der Waals surface area contributed by atoms with Crippen molar-refractivity contribution in [2.24, 2.45) is 0 Å². The molecule has 1 amide bonds. The van der Waals surface area contributed by atoms with Crippen molar-refractivity contribution in [1.29, 1.82) is 0 Å². The van der Waals surface area contributed by atoms with Crippen molar-refractivity contribution in [2.75, 3.05) is 5.88 Å². The molecule has 0 saturated carbocycles. The van der Waals surface area contributed by atoms with Crippen molar-refractivity contribution < 1.29 is 9.90 Å². The van der Waals surface area contributed by atoms with E-state index in [0.29, 0.717) is 5.88 Å². The predicted octanol–water partition coefficient (Wildman–Crippen LogP) is 1.72. The first-order valence-corrected chi connectivity index (χ1v) is 3.13. The predicted molar refractivity (Wildman–Crippen MR) is 41.8 cm³/mol. The van der Waals surface area contributed by atoms with Gasteiger partial charge in [0.1, 0.15) is 0 Å². The normalized spacial score (nSPS) is 15.3. The molecule has 1 N–H and O–H groups in total. The number of hydrogen-bond donors (Lipinski definition) is 1. The third-order valence-electron chi connectivity index (χ3n) is 0.796. The van der Waals surface area contributed by atoms with Gasteiger partial charge in [-0.25, -0.2) is 4.79 Å². The van der Waals surface area contributed by atoms with Gasteiger partial charge in [0.05, 0.1) is 5.88 Å². The van der Waals surface area contributed by atoms with Gasteiger partial charge in [-0.1, -0.05) is 0 Å². The number of thioether (sulfide) groups is 1. The van der Waals surface area contributed by atoms with Crippen LogP contribution in [0.5, 0.6) is 0 Å². The van der Waals surface area contributed by atoms with Crippen LogP contribution in [-0.2, 0) is 0 Å². The molecule has 1 rings (SSSR count). The van der Waals surface area contributed by atoms with Crippen molar-refractivity contribution in [3.8, 4) is 0 Å². The second-order valence-corrected chi connectivity index (χ2v) is 2.20. The van der Waals surface area contributed by atoms with E-state index in [9.17, 15) is 4.79 Å². The summed E-state index contributed by atoms with van der Waals surface area (Å²) in [5.41, 5.74) is 0. The second-order valence-electron chi connectivity index (χ2n) is 1.33. The summed E-state index contributed by atoms with van der Waals surface area (Å²) in [5, 5.41) is 10.0. The van der Waals surface area contributed by atoms with Crippen LogP contribution < -0.4 is 0 Å². The smallest absolute Gasteiger partial charge is 0.412 e. The highest BCUT2D eigenvalue weighted by Gasteiger charge is 2.10. The third-order valence-corrected chi connectivity index (χ3v) is 1.54. The maximum atomic E-state index is 10.1. The first-order valence-electron chi connectivity index (χ1n) is 2.08. The highest BCUT2D eigenvalue weighted by Crippen LogP contribution is 2.14. The second kappa shape index (κ2) is 3.79. The molecule has 1 aliphatic heterocycles. The Morgan fingerprint density at radius 1 is 1.78 bits per heavy atom. The molecule has 0 aliphatic carbocycles. The largest absolute Gasteiger partial charge is 0.465 e. The van der Waals surface area contributed by atoms with E-state index in [4.69, 9.17) is 5.11 Å². The summed E-state index contributed by atoms with van der Waals surface area (Å²) in [6, 6.07) is 0. The molecule has 52 valence electrons. The number of hydrogen-bond acceptors (Lipinski definition) is 2. The molecule has 0 aromatic rings. The van der Waals surface area contributed by atoms with Gasteiger partial charge in [0.25, 0.3) is 0 Å². The van der Waals surface area contributed by atoms with Crippen LogP contribution in [0.4, 0.5) is 4.79 Å². The Morgan fingerprint density at radius 3 is 2.67 bits per heavy atom. The summed E-state index contributed by atoms with van der Waals surface area (Å²) in [6.07, 6.45) is 0.666. The van der Waals surface area contributed by atoms with E-state index >= 15 is 0 Å². The van der Waals surface area contributed by atoms with E-state index in [1.807, 2.05) is 0 Å². The van der Waals surface area contributed by atoms with Crippen LogP contribution in [-0.4, -0.2) is 22.0 Å². The van der Waals surface area contributed by atoms with Crippen molar-refractivity contribution in [3.05, 3.63) is 11.6 Å². The maximum absolute atomic E-state index is 10.1. The summed E-state index contributed by atoms with van der Waals surface area (Å²) in [5.74, 6) is 0.537. The van der Waals surface area contributed by atoms with Crippen LogP contribution in [0.15, 0.2) is 11.6 Å². The minimum absolute atomic E-state index is 0. The number of halogens is 1. The average Bonchev–Trinajstić information content (AvgIpc) is 2.12. The first kappa shape index (κ1) is 8.84. The Labute approximate surface area is 67.5 Å². The molecule has 0 saturated heterocycles. The van der Waals surface area contributed by atoms with Gasteiger partial charge in [-0.05, 0) is 5.41 Å². The van der Waals surface area contributed by atoms with Crippen molar-refractivity contribution >= 4 is 34.8 Å². The fraction of sp³-hybridized carbons (Fsp3) is 0.250. The van der Waals surface area contributed by atoms with Gasteiger partial charge in [0.2, 0.25) is 0 Å². The van der Waals surface area contributed by atoms with Crippen molar-refractivity contribution in [2.45, 2.75) is 0 Å². The van der Waals surface area contributed by atoms with Crippen LogP contribution in [0.1, 0.15) is 0 Å². The zero-order valence-electron chi connectivity index (χ0n) is 4.48. The SMILES string of the molecule is Br.O=C(O)N1C=CSC1. The molecule has 0 aromatic carbocycles. The van der Waals surface area contributed by atoms with Crippen molar-refractivity contribution in [3.63, 3.8) is 0 Å². The fourth-order valence-electron chi connectivity index (χ4n) is 0.402. The third kappa shape index (κ3) is 2.28. The average molecular weight is 212 g/mol. The van der Waals surface area contributed by atoms with Crippen LogP contribution in [0, 0.1) is 0 Å². The topological polar surface area (TPSA) is 40.5 Å². The van der Waals surface area contributed by atoms with Gasteiger partial charge in [0.15, 0.2) is 0 Å². The standard InChI is InChI=1S/C4H5NO2S.BrH/c6-4(7)5-1-2-8-3-5;/h1-2H,3H2,(H,6,7);1H. The quantitative estimate of drug-likeness (QED) is 0.664. The highest BCUT2D eigenvalue weighted by molar-refractivity contribution is 8.93. The number of carboxylic acid groups (broad SMARTS) is 1. The van der Waals surface area contributed by atoms with E-state index < -0.39 is 6.09 Å². The van der Waals surface area contributed by atoms with Gasteiger partial charge in [-0.15, -0.1) is 28.7 Å². The molecule has 0 bridgehead atoms. The van der Waals surface area contributed by atoms with Gasteiger partial charge >= 0.3 is 6.09 Å². The van der Waals surface area contributed by atoms with E-state index in [0.717, 1.165) is 0 Å². The summed E-state index contributed by atoms with van der Waals surface area (Å²) >= 11 is 1.48. The first-order chi connectivity index (χ1) is 3.80. The molecule has 1 aliphatic rings. The monoisotopic (exact) mass is 211 g/mol. The zero-order valence-corrected chi connectivity index (χ0v) is 7.01.